The third kappa shape index (κ3) is 7.08. The average Bonchev–Trinajstić information content (AvgIpc) is 2.48. The molecule has 0 saturated heterocycles. The van der Waals surface area contributed by atoms with Crippen LogP contribution in [0.15, 0.2) is 23.8 Å². The van der Waals surface area contributed by atoms with E-state index in [-0.39, 0.29) is 5.38 Å². The first-order chi connectivity index (χ1) is 10.2. The number of hydrogen-bond acceptors (Lipinski definition) is 2. The van der Waals surface area contributed by atoms with Crippen molar-refractivity contribution in [2.24, 2.45) is 0 Å². The van der Waals surface area contributed by atoms with Gasteiger partial charge in [-0.3, -0.25) is 9.59 Å². The molecule has 1 rings (SSSR count). The zero-order chi connectivity index (χ0) is 15.5. The number of ketones is 2. The van der Waals surface area contributed by atoms with Crippen molar-refractivity contribution in [2.45, 2.75) is 76.5 Å². The molecule has 0 heterocycles. The molecular formula is C18H27ClO2. The van der Waals surface area contributed by atoms with Crippen LogP contribution >= 0.6 is 11.6 Å². The Balaban J connectivity index is 2.07. The molecule has 21 heavy (non-hydrogen) atoms. The summed E-state index contributed by atoms with van der Waals surface area (Å²) in [6, 6.07) is 0. The van der Waals surface area contributed by atoms with Crippen LogP contribution in [0, 0.1) is 0 Å². The van der Waals surface area contributed by atoms with Crippen molar-refractivity contribution in [3.63, 3.8) is 0 Å². The Morgan fingerprint density at radius 1 is 0.952 bits per heavy atom. The number of unbranched alkanes of at least 4 members (excludes halogenated alkanes) is 8. The SMILES string of the molecule is CCCCCCCCCCCC(Cl)C1=CC=CC(=O)C1=O. The number of rotatable bonds is 11. The number of carbonyl (C=O) groups excluding carboxylic acids is 2. The van der Waals surface area contributed by atoms with Crippen molar-refractivity contribution < 1.29 is 9.59 Å². The van der Waals surface area contributed by atoms with Gasteiger partial charge in [0.25, 0.3) is 0 Å². The third-order valence-electron chi connectivity index (χ3n) is 3.91. The van der Waals surface area contributed by atoms with Crippen LogP contribution in [0.3, 0.4) is 0 Å². The van der Waals surface area contributed by atoms with Crippen molar-refractivity contribution >= 4 is 23.2 Å². The minimum absolute atomic E-state index is 0.323. The van der Waals surface area contributed by atoms with Gasteiger partial charge in [0.05, 0.1) is 5.38 Å². The van der Waals surface area contributed by atoms with E-state index in [1.807, 2.05) is 0 Å². The van der Waals surface area contributed by atoms with E-state index in [2.05, 4.69) is 6.92 Å². The zero-order valence-corrected chi connectivity index (χ0v) is 13.8. The fraction of sp³-hybridized carbons (Fsp3) is 0.667. The summed E-state index contributed by atoms with van der Waals surface area (Å²) in [4.78, 5) is 23.0. The van der Waals surface area contributed by atoms with Crippen LogP contribution in [-0.4, -0.2) is 16.9 Å². The lowest BCUT2D eigenvalue weighted by atomic mass is 9.96. The molecule has 0 aromatic heterocycles. The van der Waals surface area contributed by atoms with Gasteiger partial charge in [-0.15, -0.1) is 11.6 Å². The lowest BCUT2D eigenvalue weighted by Gasteiger charge is -2.13. The van der Waals surface area contributed by atoms with Crippen LogP contribution in [-0.2, 0) is 9.59 Å². The molecule has 0 aromatic rings. The highest BCUT2D eigenvalue weighted by Crippen LogP contribution is 2.21. The van der Waals surface area contributed by atoms with Crippen molar-refractivity contribution in [1.82, 2.24) is 0 Å². The summed E-state index contributed by atoms with van der Waals surface area (Å²) in [6.45, 7) is 2.23. The Kier molecular flexibility index (Phi) is 9.32. The number of allylic oxidation sites excluding steroid dienone is 4. The summed E-state index contributed by atoms with van der Waals surface area (Å²) in [5.74, 6) is -0.890. The molecule has 0 amide bonds. The second kappa shape index (κ2) is 10.8. The Morgan fingerprint density at radius 3 is 2.14 bits per heavy atom. The number of hydrogen-bond donors (Lipinski definition) is 0. The summed E-state index contributed by atoms with van der Waals surface area (Å²) in [7, 11) is 0. The van der Waals surface area contributed by atoms with Crippen molar-refractivity contribution in [3.8, 4) is 0 Å². The van der Waals surface area contributed by atoms with Crippen LogP contribution in [0.5, 0.6) is 0 Å². The molecule has 118 valence electrons. The molecule has 0 radical (unpaired) electrons. The van der Waals surface area contributed by atoms with Gasteiger partial charge in [0.15, 0.2) is 0 Å². The normalized spacial score (nSPS) is 16.2. The Labute approximate surface area is 133 Å². The molecule has 0 bridgehead atoms. The predicted octanol–water partition coefficient (Wildman–Crippen LogP) is 5.15. The Hall–Kier alpha value is -0.890. The molecule has 0 N–H and O–H groups in total. The standard InChI is InChI=1S/C18H27ClO2/c1-2-3-4-5-6-7-8-9-10-13-16(19)15-12-11-14-17(20)18(15)21/h11-12,14,16H,2-10,13H2,1H3. The van der Waals surface area contributed by atoms with E-state index in [4.69, 9.17) is 11.6 Å². The van der Waals surface area contributed by atoms with Gasteiger partial charge < -0.3 is 0 Å². The van der Waals surface area contributed by atoms with Crippen molar-refractivity contribution in [1.29, 1.82) is 0 Å². The quantitative estimate of drug-likeness (QED) is 0.229. The van der Waals surface area contributed by atoms with Gasteiger partial charge >= 0.3 is 0 Å². The average molecular weight is 311 g/mol. The van der Waals surface area contributed by atoms with Crippen LogP contribution < -0.4 is 0 Å². The molecular weight excluding hydrogens is 284 g/mol. The van der Waals surface area contributed by atoms with Crippen LogP contribution in [0.25, 0.3) is 0 Å². The second-order valence-corrected chi connectivity index (χ2v) is 6.29. The second-order valence-electron chi connectivity index (χ2n) is 5.76. The largest absolute Gasteiger partial charge is 0.286 e. The summed E-state index contributed by atoms with van der Waals surface area (Å²) >= 11 is 6.24. The highest BCUT2D eigenvalue weighted by Gasteiger charge is 2.24. The highest BCUT2D eigenvalue weighted by molar-refractivity contribution is 6.50. The maximum Gasteiger partial charge on any atom is 0.230 e. The van der Waals surface area contributed by atoms with Gasteiger partial charge in [-0.1, -0.05) is 76.9 Å². The first-order valence-electron chi connectivity index (χ1n) is 8.27. The van der Waals surface area contributed by atoms with E-state index < -0.39 is 11.6 Å². The molecule has 0 fully saturated rings. The number of halogens is 1. The van der Waals surface area contributed by atoms with E-state index in [9.17, 15) is 9.59 Å². The fourth-order valence-corrected chi connectivity index (χ4v) is 2.90. The minimum Gasteiger partial charge on any atom is -0.286 e. The predicted molar refractivity (Wildman–Crippen MR) is 88.7 cm³/mol. The van der Waals surface area contributed by atoms with E-state index in [0.717, 1.165) is 19.3 Å². The van der Waals surface area contributed by atoms with Gasteiger partial charge in [0.2, 0.25) is 11.6 Å². The maximum absolute atomic E-state index is 11.7. The van der Waals surface area contributed by atoms with Gasteiger partial charge in [0.1, 0.15) is 0 Å². The molecule has 1 aliphatic rings. The summed E-state index contributed by atoms with van der Waals surface area (Å²) in [5, 5.41) is -0.323. The molecule has 1 unspecified atom stereocenters. The molecule has 2 nitrogen and oxygen atoms in total. The Bertz CT molecular complexity index is 396. The van der Waals surface area contributed by atoms with Gasteiger partial charge in [0, 0.05) is 5.57 Å². The van der Waals surface area contributed by atoms with Crippen LogP contribution in [0.2, 0.25) is 0 Å². The summed E-state index contributed by atoms with van der Waals surface area (Å²) < 4.78 is 0. The number of Topliss-reactive ketones (excluding diaryl/α,β-unsaturated/α-hetero) is 1. The Morgan fingerprint density at radius 2 is 1.52 bits per heavy atom. The van der Waals surface area contributed by atoms with Crippen molar-refractivity contribution in [3.05, 3.63) is 23.8 Å². The van der Waals surface area contributed by atoms with E-state index in [1.165, 1.54) is 51.0 Å². The lowest BCUT2D eigenvalue weighted by molar-refractivity contribution is -0.131. The van der Waals surface area contributed by atoms with Crippen LogP contribution in [0.4, 0.5) is 0 Å². The monoisotopic (exact) mass is 310 g/mol. The molecule has 0 aliphatic heterocycles. The molecule has 0 saturated carbocycles. The van der Waals surface area contributed by atoms with Crippen molar-refractivity contribution in [2.75, 3.05) is 0 Å². The molecule has 0 spiro atoms. The highest BCUT2D eigenvalue weighted by atomic mass is 35.5. The number of alkyl halides is 1. The molecule has 3 heteroatoms. The minimum atomic E-state index is -0.453. The maximum atomic E-state index is 11.7. The van der Waals surface area contributed by atoms with E-state index in [0.29, 0.717) is 5.57 Å². The summed E-state index contributed by atoms with van der Waals surface area (Å²) in [5.41, 5.74) is 0.462. The van der Waals surface area contributed by atoms with Crippen LogP contribution in [0.1, 0.15) is 71.1 Å². The topological polar surface area (TPSA) is 34.1 Å². The third-order valence-corrected chi connectivity index (χ3v) is 4.36. The molecule has 1 aliphatic carbocycles. The van der Waals surface area contributed by atoms with E-state index >= 15 is 0 Å². The number of carbonyl (C=O) groups is 2. The smallest absolute Gasteiger partial charge is 0.230 e. The first-order valence-corrected chi connectivity index (χ1v) is 8.71. The van der Waals surface area contributed by atoms with Gasteiger partial charge in [-0.05, 0) is 12.5 Å². The zero-order valence-electron chi connectivity index (χ0n) is 13.1. The first kappa shape index (κ1) is 18.2. The molecule has 1 atom stereocenters. The fourth-order valence-electron chi connectivity index (χ4n) is 2.57. The van der Waals surface area contributed by atoms with Gasteiger partial charge in [-0.25, -0.2) is 0 Å². The lowest BCUT2D eigenvalue weighted by Crippen LogP contribution is -2.22. The molecule has 0 aromatic carbocycles. The van der Waals surface area contributed by atoms with E-state index in [1.54, 1.807) is 12.2 Å². The van der Waals surface area contributed by atoms with Gasteiger partial charge in [-0.2, -0.15) is 0 Å². The summed E-state index contributed by atoms with van der Waals surface area (Å²) in [6.07, 6.45) is 16.7.